The Morgan fingerprint density at radius 3 is 1.91 bits per heavy atom. The average molecular weight is 356 g/mol. The van der Waals surface area contributed by atoms with Crippen LogP contribution >= 0.6 is 12.6 Å². The van der Waals surface area contributed by atoms with Gasteiger partial charge in [-0.2, -0.15) is 25.8 Å². The number of thiol groups is 1. The van der Waals surface area contributed by atoms with E-state index in [1.165, 1.54) is 0 Å². The Morgan fingerprint density at radius 2 is 1.50 bits per heavy atom. The van der Waals surface area contributed by atoms with Gasteiger partial charge in [0.2, 0.25) is 5.67 Å². The molecule has 0 aliphatic carbocycles. The first-order valence-corrected chi connectivity index (χ1v) is 7.82. The minimum Gasteiger partial charge on any atom is -0.248 e. The van der Waals surface area contributed by atoms with Crippen LogP contribution in [0.2, 0.25) is 0 Å². The SMILES string of the molecule is CC(F)(CF)CCCCC(CCS)CC(F)(CF)C(F)(F)F. The minimum absolute atomic E-state index is 0.0553. The molecular weight excluding hydrogens is 333 g/mol. The third kappa shape index (κ3) is 7.42. The molecule has 3 atom stereocenters. The topological polar surface area (TPSA) is 0 Å². The van der Waals surface area contributed by atoms with Crippen molar-refractivity contribution in [1.29, 1.82) is 0 Å². The van der Waals surface area contributed by atoms with Crippen LogP contribution in [0.15, 0.2) is 0 Å². The van der Waals surface area contributed by atoms with E-state index in [1.54, 1.807) is 0 Å². The highest BCUT2D eigenvalue weighted by molar-refractivity contribution is 7.80. The van der Waals surface area contributed by atoms with Gasteiger partial charge in [-0.25, -0.2) is 17.6 Å². The molecule has 0 aromatic rings. The molecular formula is C14H23F7S. The summed E-state index contributed by atoms with van der Waals surface area (Å²) in [5, 5.41) is 0. The second kappa shape index (κ2) is 9.23. The molecule has 0 N–H and O–H groups in total. The summed E-state index contributed by atoms with van der Waals surface area (Å²) in [6.45, 7) is -2.14. The summed E-state index contributed by atoms with van der Waals surface area (Å²) < 4.78 is 89.6. The number of hydrogen-bond donors (Lipinski definition) is 1. The van der Waals surface area contributed by atoms with Crippen molar-refractivity contribution in [3.05, 3.63) is 0 Å². The lowest BCUT2D eigenvalue weighted by atomic mass is 9.86. The van der Waals surface area contributed by atoms with E-state index in [9.17, 15) is 30.7 Å². The van der Waals surface area contributed by atoms with E-state index in [0.29, 0.717) is 6.42 Å². The number of rotatable bonds is 11. The zero-order valence-corrected chi connectivity index (χ0v) is 13.4. The zero-order chi connectivity index (χ0) is 17.4. The maximum Gasteiger partial charge on any atom is 0.425 e. The van der Waals surface area contributed by atoms with E-state index in [4.69, 9.17) is 0 Å². The van der Waals surface area contributed by atoms with Crippen LogP contribution in [0.25, 0.3) is 0 Å². The molecule has 0 rings (SSSR count). The molecule has 0 fully saturated rings. The highest BCUT2D eigenvalue weighted by Crippen LogP contribution is 2.41. The Labute approximate surface area is 132 Å². The molecule has 0 nitrogen and oxygen atoms in total. The van der Waals surface area contributed by atoms with Gasteiger partial charge in [0.05, 0.1) is 0 Å². The fraction of sp³-hybridized carbons (Fsp3) is 1.00. The van der Waals surface area contributed by atoms with Gasteiger partial charge in [-0.05, 0) is 37.9 Å². The Bertz CT molecular complexity index is 306. The zero-order valence-electron chi connectivity index (χ0n) is 12.5. The van der Waals surface area contributed by atoms with Gasteiger partial charge in [-0.15, -0.1) is 0 Å². The van der Waals surface area contributed by atoms with E-state index in [2.05, 4.69) is 12.6 Å². The van der Waals surface area contributed by atoms with Gasteiger partial charge in [-0.3, -0.25) is 0 Å². The van der Waals surface area contributed by atoms with Gasteiger partial charge in [0.15, 0.2) is 0 Å². The quantitative estimate of drug-likeness (QED) is 0.269. The second-order valence-corrected chi connectivity index (χ2v) is 6.42. The predicted octanol–water partition coefficient (Wildman–Crippen LogP) is 5.81. The molecule has 3 unspecified atom stereocenters. The lowest BCUT2D eigenvalue weighted by Gasteiger charge is -2.29. The molecule has 0 aliphatic heterocycles. The second-order valence-electron chi connectivity index (χ2n) is 5.97. The monoisotopic (exact) mass is 356 g/mol. The predicted molar refractivity (Wildman–Crippen MR) is 76.4 cm³/mol. The van der Waals surface area contributed by atoms with Gasteiger partial charge in [0.1, 0.15) is 19.0 Å². The molecule has 0 aromatic carbocycles. The van der Waals surface area contributed by atoms with Crippen LogP contribution in [0.4, 0.5) is 30.7 Å². The molecule has 0 radical (unpaired) electrons. The number of hydrogen-bond acceptors (Lipinski definition) is 1. The molecule has 0 aliphatic rings. The molecule has 0 saturated heterocycles. The van der Waals surface area contributed by atoms with Gasteiger partial charge >= 0.3 is 6.18 Å². The summed E-state index contributed by atoms with van der Waals surface area (Å²) in [6.07, 6.45) is -5.27. The van der Waals surface area contributed by atoms with Crippen molar-refractivity contribution in [1.82, 2.24) is 0 Å². The first-order valence-electron chi connectivity index (χ1n) is 7.18. The number of unbranched alkanes of at least 4 members (excludes halogenated alkanes) is 1. The van der Waals surface area contributed by atoms with Crippen molar-refractivity contribution in [2.75, 3.05) is 19.1 Å². The summed E-state index contributed by atoms with van der Waals surface area (Å²) in [7, 11) is 0. The largest absolute Gasteiger partial charge is 0.425 e. The molecule has 0 amide bonds. The van der Waals surface area contributed by atoms with Crippen LogP contribution in [0.5, 0.6) is 0 Å². The van der Waals surface area contributed by atoms with Crippen molar-refractivity contribution in [3.63, 3.8) is 0 Å². The van der Waals surface area contributed by atoms with Crippen LogP contribution in [0, 0.1) is 5.92 Å². The Kier molecular flexibility index (Phi) is 9.17. The van der Waals surface area contributed by atoms with Gasteiger partial charge in [0, 0.05) is 0 Å². The Balaban J connectivity index is 4.49. The fourth-order valence-corrected chi connectivity index (χ4v) is 2.59. The lowest BCUT2D eigenvalue weighted by molar-refractivity contribution is -0.240. The first-order chi connectivity index (χ1) is 10.0. The molecule has 0 aromatic heterocycles. The van der Waals surface area contributed by atoms with E-state index in [1.807, 2.05) is 0 Å². The maximum absolute atomic E-state index is 13.7. The summed E-state index contributed by atoms with van der Waals surface area (Å²) in [5.74, 6) is -0.452. The highest BCUT2D eigenvalue weighted by Gasteiger charge is 2.56. The minimum atomic E-state index is -5.26. The molecule has 22 heavy (non-hydrogen) atoms. The smallest absolute Gasteiger partial charge is 0.248 e. The summed E-state index contributed by atoms with van der Waals surface area (Å²) in [5.41, 5.74) is -5.80. The van der Waals surface area contributed by atoms with Gasteiger partial charge in [0.25, 0.3) is 0 Å². The molecule has 0 saturated carbocycles. The molecule has 0 bridgehead atoms. The summed E-state index contributed by atoms with van der Waals surface area (Å²) >= 11 is 3.91. The van der Waals surface area contributed by atoms with Crippen molar-refractivity contribution >= 4 is 12.6 Å². The normalized spacial score (nSPS) is 19.5. The molecule has 134 valence electrons. The van der Waals surface area contributed by atoms with Crippen molar-refractivity contribution in [2.45, 2.75) is 63.0 Å². The van der Waals surface area contributed by atoms with Crippen molar-refractivity contribution in [3.8, 4) is 0 Å². The van der Waals surface area contributed by atoms with Crippen LogP contribution in [-0.2, 0) is 0 Å². The highest BCUT2D eigenvalue weighted by atomic mass is 32.1. The van der Waals surface area contributed by atoms with E-state index in [0.717, 1.165) is 6.92 Å². The van der Waals surface area contributed by atoms with Gasteiger partial charge < -0.3 is 0 Å². The van der Waals surface area contributed by atoms with Crippen molar-refractivity contribution < 1.29 is 30.7 Å². The van der Waals surface area contributed by atoms with Crippen LogP contribution in [0.1, 0.15) is 45.4 Å². The van der Waals surface area contributed by atoms with E-state index >= 15 is 0 Å². The lowest BCUT2D eigenvalue weighted by Crippen LogP contribution is -2.44. The molecule has 0 spiro atoms. The summed E-state index contributed by atoms with van der Waals surface area (Å²) in [6, 6.07) is 0. The van der Waals surface area contributed by atoms with E-state index in [-0.39, 0.29) is 31.4 Å². The molecule has 8 heteroatoms. The van der Waals surface area contributed by atoms with Crippen LogP contribution in [0.3, 0.4) is 0 Å². The average Bonchev–Trinajstić information content (AvgIpc) is 2.42. The Hall–Kier alpha value is -0.140. The van der Waals surface area contributed by atoms with Crippen LogP contribution < -0.4 is 0 Å². The van der Waals surface area contributed by atoms with Gasteiger partial charge in [-0.1, -0.05) is 19.3 Å². The Morgan fingerprint density at radius 1 is 0.909 bits per heavy atom. The number of halogens is 7. The summed E-state index contributed by atoms with van der Waals surface area (Å²) in [4.78, 5) is 0. The van der Waals surface area contributed by atoms with Crippen LogP contribution in [-0.4, -0.2) is 36.6 Å². The molecule has 0 heterocycles. The first kappa shape index (κ1) is 21.9. The van der Waals surface area contributed by atoms with Crippen molar-refractivity contribution in [2.24, 2.45) is 5.92 Å². The maximum atomic E-state index is 13.7. The third-order valence-corrected chi connectivity index (χ3v) is 3.97. The van der Waals surface area contributed by atoms with E-state index < -0.39 is 43.2 Å². The number of alkyl halides is 7. The fourth-order valence-electron chi connectivity index (χ4n) is 2.23. The third-order valence-electron chi connectivity index (χ3n) is 3.71. The standard InChI is InChI=1S/C14H23F7S/c1-12(17,9-15)6-3-2-4-11(5-7-22)8-13(18,10-16)14(19,20)21/h11,22H,2-10H2,1H3.